The van der Waals surface area contributed by atoms with Crippen molar-refractivity contribution in [1.29, 1.82) is 5.26 Å². The number of rotatable bonds is 3. The summed E-state index contributed by atoms with van der Waals surface area (Å²) in [4.78, 5) is 16.3. The summed E-state index contributed by atoms with van der Waals surface area (Å²) in [6, 6.07) is 6.36. The van der Waals surface area contributed by atoms with E-state index in [0.29, 0.717) is 0 Å². The summed E-state index contributed by atoms with van der Waals surface area (Å²) < 4.78 is 5.49. The van der Waals surface area contributed by atoms with Crippen LogP contribution in [-0.4, -0.2) is 35.6 Å². The normalized spacial score (nSPS) is 20.5. The third-order valence-electron chi connectivity index (χ3n) is 4.97. The van der Waals surface area contributed by atoms with Crippen LogP contribution in [0.5, 0.6) is 0 Å². The Labute approximate surface area is 152 Å². The predicted octanol–water partition coefficient (Wildman–Crippen LogP) is 2.78. The fourth-order valence-corrected chi connectivity index (χ4v) is 4.18. The molecule has 25 heavy (non-hydrogen) atoms. The molecule has 0 unspecified atom stereocenters. The summed E-state index contributed by atoms with van der Waals surface area (Å²) in [6.45, 7) is 2.56. The molecule has 0 radical (unpaired) electrons. The third-order valence-corrected chi connectivity index (χ3v) is 5.28. The van der Waals surface area contributed by atoms with E-state index in [-0.39, 0.29) is 29.8 Å². The average Bonchev–Trinajstić information content (AvgIpc) is 2.87. The number of carbonyl (C=O) groups excluding carboxylic acids is 1. The van der Waals surface area contributed by atoms with Crippen molar-refractivity contribution in [2.75, 3.05) is 24.5 Å². The Hall–Kier alpha value is -2.39. The van der Waals surface area contributed by atoms with Gasteiger partial charge in [0.2, 0.25) is 0 Å². The van der Waals surface area contributed by atoms with E-state index in [1.165, 1.54) is 34.6 Å². The maximum atomic E-state index is 12.5. The molecule has 3 heterocycles. The van der Waals surface area contributed by atoms with Crippen molar-refractivity contribution in [2.24, 2.45) is 0 Å². The molecule has 6 heteroatoms. The fraction of sp³-hybridized carbons (Fsp3) is 0.421. The minimum Gasteiger partial charge on any atom is -0.426 e. The Morgan fingerprint density at radius 2 is 1.92 bits per heavy atom. The number of nitriles is 1. The first-order valence-electron chi connectivity index (χ1n) is 8.70. The van der Waals surface area contributed by atoms with Crippen LogP contribution in [0.15, 0.2) is 17.9 Å². The van der Waals surface area contributed by atoms with Gasteiger partial charge in [-0.25, -0.2) is 0 Å². The zero-order chi connectivity index (χ0) is 17.4. The molecule has 4 rings (SSSR count). The number of nitrogens with zero attached hydrogens (tertiary/aromatic N) is 3. The van der Waals surface area contributed by atoms with Crippen LogP contribution in [0.2, 0.25) is 0 Å². The summed E-state index contributed by atoms with van der Waals surface area (Å²) in [7, 11) is 0. The molecule has 1 aromatic rings. The quantitative estimate of drug-likeness (QED) is 0.618. The highest BCUT2D eigenvalue weighted by Gasteiger charge is 2.33. The van der Waals surface area contributed by atoms with Crippen LogP contribution in [0.3, 0.4) is 0 Å². The molecule has 0 aromatic heterocycles. The highest BCUT2D eigenvalue weighted by molar-refractivity contribution is 7.80. The van der Waals surface area contributed by atoms with Crippen molar-refractivity contribution in [2.45, 2.75) is 32.1 Å². The second kappa shape index (κ2) is 6.49. The lowest BCUT2D eigenvalue weighted by atomic mass is 9.90. The van der Waals surface area contributed by atoms with Crippen molar-refractivity contribution in [3.63, 3.8) is 0 Å². The van der Waals surface area contributed by atoms with Gasteiger partial charge in [0.25, 0.3) is 11.1 Å². The zero-order valence-corrected chi connectivity index (χ0v) is 14.8. The largest absolute Gasteiger partial charge is 0.426 e. The minimum atomic E-state index is -0.256. The molecule has 1 aromatic carbocycles. The Kier molecular flexibility index (Phi) is 4.18. The second-order valence-corrected chi connectivity index (χ2v) is 6.97. The molecule has 1 fully saturated rings. The molecule has 1 saturated heterocycles. The average molecular weight is 353 g/mol. The molecule has 128 valence electrons. The summed E-state index contributed by atoms with van der Waals surface area (Å²) in [5, 5.41) is 8.84. The summed E-state index contributed by atoms with van der Waals surface area (Å²) in [5.74, 6) is -0.00759. The van der Waals surface area contributed by atoms with E-state index in [2.05, 4.69) is 17.0 Å². The van der Waals surface area contributed by atoms with Crippen LogP contribution in [0, 0.1) is 11.3 Å². The zero-order valence-electron chi connectivity index (χ0n) is 14.0. The van der Waals surface area contributed by atoms with E-state index in [1.807, 2.05) is 6.07 Å². The Balaban J connectivity index is 1.65. The van der Waals surface area contributed by atoms with Gasteiger partial charge in [-0.05, 0) is 72.8 Å². The Morgan fingerprint density at radius 1 is 1.24 bits per heavy atom. The summed E-state index contributed by atoms with van der Waals surface area (Å²) >= 11 is 5.12. The SMILES string of the molecule is N#CCCN1C(=O)C(=Cc2cc3c4c(c2)CCCN4CCC3)OC1=S. The van der Waals surface area contributed by atoms with Crippen molar-refractivity contribution in [1.82, 2.24) is 4.90 Å². The molecule has 0 atom stereocenters. The Bertz CT molecular complexity index is 793. The maximum Gasteiger partial charge on any atom is 0.297 e. The van der Waals surface area contributed by atoms with Gasteiger partial charge >= 0.3 is 0 Å². The molecule has 0 aliphatic carbocycles. The fourth-order valence-electron chi connectivity index (χ4n) is 3.92. The number of ether oxygens (including phenoxy) is 1. The first-order valence-corrected chi connectivity index (χ1v) is 9.11. The minimum absolute atomic E-state index is 0.136. The topological polar surface area (TPSA) is 56.6 Å². The van der Waals surface area contributed by atoms with Gasteiger partial charge in [0, 0.05) is 25.3 Å². The highest BCUT2D eigenvalue weighted by Crippen LogP contribution is 2.36. The van der Waals surface area contributed by atoms with Crippen molar-refractivity contribution in [3.05, 3.63) is 34.6 Å². The number of aryl methyl sites for hydroxylation is 2. The van der Waals surface area contributed by atoms with E-state index in [4.69, 9.17) is 22.2 Å². The lowest BCUT2D eigenvalue weighted by Crippen LogP contribution is -2.34. The van der Waals surface area contributed by atoms with Crippen LogP contribution >= 0.6 is 12.2 Å². The van der Waals surface area contributed by atoms with E-state index in [0.717, 1.165) is 31.5 Å². The molecular weight excluding hydrogens is 334 g/mol. The van der Waals surface area contributed by atoms with Gasteiger partial charge < -0.3 is 9.64 Å². The lowest BCUT2D eigenvalue weighted by molar-refractivity contribution is -0.122. The first-order chi connectivity index (χ1) is 12.2. The lowest BCUT2D eigenvalue weighted by Gasteiger charge is -2.37. The van der Waals surface area contributed by atoms with Crippen LogP contribution in [0.1, 0.15) is 36.0 Å². The van der Waals surface area contributed by atoms with Gasteiger partial charge in [0.1, 0.15) is 0 Å². The number of anilines is 1. The van der Waals surface area contributed by atoms with Crippen molar-refractivity contribution in [3.8, 4) is 6.07 Å². The monoisotopic (exact) mass is 353 g/mol. The number of carbonyl (C=O) groups is 1. The van der Waals surface area contributed by atoms with Crippen LogP contribution < -0.4 is 4.90 Å². The highest BCUT2D eigenvalue weighted by atomic mass is 32.1. The maximum absolute atomic E-state index is 12.5. The Morgan fingerprint density at radius 3 is 2.56 bits per heavy atom. The van der Waals surface area contributed by atoms with Gasteiger partial charge in [0.05, 0.1) is 12.5 Å². The van der Waals surface area contributed by atoms with Crippen molar-refractivity contribution >= 4 is 35.1 Å². The van der Waals surface area contributed by atoms with Gasteiger partial charge in [-0.3, -0.25) is 9.69 Å². The molecule has 0 saturated carbocycles. The van der Waals surface area contributed by atoms with E-state index in [1.54, 1.807) is 6.08 Å². The molecule has 3 aliphatic heterocycles. The molecule has 0 N–H and O–H groups in total. The number of hydrogen-bond acceptors (Lipinski definition) is 5. The standard InChI is InChI=1S/C19H19N3O2S/c20-6-3-9-22-18(23)16(24-19(22)25)12-13-10-14-4-1-7-21-8-2-5-15(11-13)17(14)21/h10-12H,1-5,7-9H2. The van der Waals surface area contributed by atoms with Gasteiger partial charge in [0.15, 0.2) is 5.76 Å². The smallest absolute Gasteiger partial charge is 0.297 e. The molecule has 3 aliphatic rings. The second-order valence-electron chi connectivity index (χ2n) is 6.62. The molecule has 1 amide bonds. The molecular formula is C19H19N3O2S. The summed E-state index contributed by atoms with van der Waals surface area (Å²) in [6.07, 6.45) is 6.53. The van der Waals surface area contributed by atoms with Gasteiger partial charge in [-0.2, -0.15) is 5.26 Å². The third kappa shape index (κ3) is 2.89. The van der Waals surface area contributed by atoms with E-state index < -0.39 is 0 Å². The predicted molar refractivity (Wildman–Crippen MR) is 98.9 cm³/mol. The van der Waals surface area contributed by atoms with Crippen LogP contribution in [0.25, 0.3) is 6.08 Å². The number of benzene rings is 1. The number of thiocarbonyl (C=S) groups is 1. The number of amides is 1. The number of hydrogen-bond donors (Lipinski definition) is 0. The first kappa shape index (κ1) is 16.1. The van der Waals surface area contributed by atoms with Gasteiger partial charge in [-0.15, -0.1) is 0 Å². The summed E-state index contributed by atoms with van der Waals surface area (Å²) in [5.41, 5.74) is 5.13. The van der Waals surface area contributed by atoms with Crippen LogP contribution in [-0.2, 0) is 22.4 Å². The van der Waals surface area contributed by atoms with Crippen molar-refractivity contribution < 1.29 is 9.53 Å². The molecule has 0 spiro atoms. The van der Waals surface area contributed by atoms with Gasteiger partial charge in [-0.1, -0.05) is 0 Å². The van der Waals surface area contributed by atoms with E-state index in [9.17, 15) is 4.79 Å². The van der Waals surface area contributed by atoms with E-state index >= 15 is 0 Å². The van der Waals surface area contributed by atoms with Crippen LogP contribution in [0.4, 0.5) is 5.69 Å². The molecule has 5 nitrogen and oxygen atoms in total. The molecule has 0 bridgehead atoms.